The summed E-state index contributed by atoms with van der Waals surface area (Å²) in [6.07, 6.45) is 4.14. The number of carboxylic acid groups (broad SMARTS) is 2. The second-order valence-corrected chi connectivity index (χ2v) is 4.27. The van der Waals surface area contributed by atoms with Gasteiger partial charge in [0.15, 0.2) is 0 Å². The minimum atomic E-state index is -1.11. The molecule has 0 bridgehead atoms. The zero-order chi connectivity index (χ0) is 14.1. The summed E-state index contributed by atoms with van der Waals surface area (Å²) in [6.45, 7) is 0. The van der Waals surface area contributed by atoms with Gasteiger partial charge >= 0.3 is 11.9 Å². The van der Waals surface area contributed by atoms with Crippen LogP contribution >= 0.6 is 0 Å². The van der Waals surface area contributed by atoms with Crippen LogP contribution in [0.5, 0.6) is 0 Å². The van der Waals surface area contributed by atoms with E-state index in [1.165, 1.54) is 0 Å². The van der Waals surface area contributed by atoms with E-state index >= 15 is 0 Å². The summed E-state index contributed by atoms with van der Waals surface area (Å²) in [5, 5.41) is 16.6. The molecule has 104 valence electrons. The molecular weight excluding hydrogens is 240 g/mol. The Labute approximate surface area is 105 Å². The molecule has 0 spiro atoms. The Bertz CT molecular complexity index is 300. The average Bonchev–Trinajstić information content (AvgIpc) is 2.79. The smallest absolute Gasteiger partial charge is 0.320 e. The minimum absolute atomic E-state index is 0.0185. The molecule has 1 atom stereocenters. The van der Waals surface area contributed by atoms with Crippen molar-refractivity contribution in [3.8, 4) is 0 Å². The molecule has 0 heterocycles. The molecule has 0 aliphatic heterocycles. The maximum absolute atomic E-state index is 10.2. The molecule has 1 amide bonds. The van der Waals surface area contributed by atoms with Crippen molar-refractivity contribution < 1.29 is 24.6 Å². The first-order valence-electron chi connectivity index (χ1n) is 5.84. The first-order chi connectivity index (χ1) is 8.34. The van der Waals surface area contributed by atoms with Crippen molar-refractivity contribution in [2.75, 3.05) is 0 Å². The quantitative estimate of drug-likeness (QED) is 0.544. The SMILES string of the molecule is NC(=O)CC[C@H](N)C(=O)O.O=C(O)C1CCCC1. The third-order valence-corrected chi connectivity index (χ3v) is 2.72. The van der Waals surface area contributed by atoms with E-state index in [-0.39, 0.29) is 18.8 Å². The molecule has 0 saturated heterocycles. The highest BCUT2D eigenvalue weighted by Gasteiger charge is 2.21. The Kier molecular flexibility index (Phi) is 7.69. The Morgan fingerprint density at radius 2 is 1.67 bits per heavy atom. The van der Waals surface area contributed by atoms with Crippen LogP contribution in [0, 0.1) is 5.92 Å². The van der Waals surface area contributed by atoms with E-state index in [1.807, 2.05) is 0 Å². The highest BCUT2D eigenvalue weighted by molar-refractivity contribution is 5.77. The molecule has 7 nitrogen and oxygen atoms in total. The van der Waals surface area contributed by atoms with Crippen LogP contribution in [0.2, 0.25) is 0 Å². The van der Waals surface area contributed by atoms with Crippen LogP contribution < -0.4 is 11.5 Å². The number of carbonyl (C=O) groups is 3. The Morgan fingerprint density at radius 3 is 1.94 bits per heavy atom. The van der Waals surface area contributed by atoms with Crippen molar-refractivity contribution in [1.29, 1.82) is 0 Å². The molecule has 1 rings (SSSR count). The molecule has 1 aliphatic rings. The number of carbonyl (C=O) groups excluding carboxylic acids is 1. The second kappa shape index (κ2) is 8.46. The Hall–Kier alpha value is -1.63. The molecule has 0 unspecified atom stereocenters. The number of amides is 1. The van der Waals surface area contributed by atoms with Gasteiger partial charge in [-0.2, -0.15) is 0 Å². The van der Waals surface area contributed by atoms with Crippen LogP contribution in [0.3, 0.4) is 0 Å². The summed E-state index contributed by atoms with van der Waals surface area (Å²) in [6, 6.07) is -0.979. The fraction of sp³-hybridized carbons (Fsp3) is 0.727. The maximum atomic E-state index is 10.2. The lowest BCUT2D eigenvalue weighted by Gasteiger charge is -2.01. The van der Waals surface area contributed by atoms with Crippen molar-refractivity contribution in [3.05, 3.63) is 0 Å². The Balaban J connectivity index is 0.000000327. The van der Waals surface area contributed by atoms with Crippen LogP contribution in [0.1, 0.15) is 38.5 Å². The van der Waals surface area contributed by atoms with Crippen LogP contribution in [0.25, 0.3) is 0 Å². The van der Waals surface area contributed by atoms with Crippen LogP contribution in [-0.4, -0.2) is 34.1 Å². The molecule has 18 heavy (non-hydrogen) atoms. The highest BCUT2D eigenvalue weighted by atomic mass is 16.4. The Morgan fingerprint density at radius 1 is 1.17 bits per heavy atom. The van der Waals surface area contributed by atoms with Gasteiger partial charge in [0.25, 0.3) is 0 Å². The predicted octanol–water partition coefficient (Wildman–Crippen LogP) is -0.0750. The molecular formula is C11H20N2O5. The zero-order valence-corrected chi connectivity index (χ0v) is 10.2. The van der Waals surface area contributed by atoms with E-state index in [2.05, 4.69) is 0 Å². The molecule has 1 fully saturated rings. The number of nitrogens with two attached hydrogens (primary N) is 2. The summed E-state index contributed by atoms with van der Waals surface area (Å²) in [5.74, 6) is -2.27. The van der Waals surface area contributed by atoms with Gasteiger partial charge in [-0.3, -0.25) is 14.4 Å². The van der Waals surface area contributed by atoms with Crippen LogP contribution in [-0.2, 0) is 14.4 Å². The third kappa shape index (κ3) is 7.61. The van der Waals surface area contributed by atoms with Gasteiger partial charge in [0.2, 0.25) is 5.91 Å². The van der Waals surface area contributed by atoms with Crippen molar-refractivity contribution in [3.63, 3.8) is 0 Å². The molecule has 1 aliphatic carbocycles. The maximum Gasteiger partial charge on any atom is 0.320 e. The third-order valence-electron chi connectivity index (χ3n) is 2.72. The van der Waals surface area contributed by atoms with Crippen molar-refractivity contribution >= 4 is 17.8 Å². The molecule has 7 heteroatoms. The van der Waals surface area contributed by atoms with Gasteiger partial charge < -0.3 is 21.7 Å². The molecule has 0 aromatic rings. The van der Waals surface area contributed by atoms with Gasteiger partial charge in [0.1, 0.15) is 6.04 Å². The monoisotopic (exact) mass is 260 g/mol. The summed E-state index contributed by atoms with van der Waals surface area (Å²) >= 11 is 0. The van der Waals surface area contributed by atoms with Crippen LogP contribution in [0.15, 0.2) is 0 Å². The second-order valence-electron chi connectivity index (χ2n) is 4.27. The minimum Gasteiger partial charge on any atom is -0.481 e. The topological polar surface area (TPSA) is 144 Å². The molecule has 1 saturated carbocycles. The first kappa shape index (κ1) is 16.4. The standard InChI is InChI=1S/C6H10O2.C5H10N2O3/c7-6(8)5-3-1-2-4-5;6-3(5(9)10)1-2-4(7)8/h5H,1-4H2,(H,7,8);3H,1-2,6H2,(H2,7,8)(H,9,10)/t;3-/m.0/s1. The lowest BCUT2D eigenvalue weighted by Crippen LogP contribution is -2.31. The van der Waals surface area contributed by atoms with Gasteiger partial charge in [-0.25, -0.2) is 0 Å². The molecule has 0 aromatic heterocycles. The number of rotatable bonds is 5. The van der Waals surface area contributed by atoms with Crippen molar-refractivity contribution in [2.24, 2.45) is 17.4 Å². The van der Waals surface area contributed by atoms with Gasteiger partial charge in [0.05, 0.1) is 5.92 Å². The number of primary amides is 1. The van der Waals surface area contributed by atoms with Crippen molar-refractivity contribution in [1.82, 2.24) is 0 Å². The number of aliphatic carboxylic acids is 2. The van der Waals surface area contributed by atoms with Gasteiger partial charge in [-0.05, 0) is 19.3 Å². The predicted molar refractivity (Wildman–Crippen MR) is 63.6 cm³/mol. The first-order valence-corrected chi connectivity index (χ1v) is 5.84. The number of hydrogen-bond acceptors (Lipinski definition) is 4. The highest BCUT2D eigenvalue weighted by Crippen LogP contribution is 2.24. The van der Waals surface area contributed by atoms with E-state index in [0.717, 1.165) is 25.7 Å². The fourth-order valence-electron chi connectivity index (χ4n) is 1.59. The summed E-state index contributed by atoms with van der Waals surface area (Å²) in [7, 11) is 0. The van der Waals surface area contributed by atoms with Gasteiger partial charge in [-0.15, -0.1) is 0 Å². The average molecular weight is 260 g/mol. The van der Waals surface area contributed by atoms with E-state index in [9.17, 15) is 14.4 Å². The zero-order valence-electron chi connectivity index (χ0n) is 10.2. The van der Waals surface area contributed by atoms with Gasteiger partial charge in [-0.1, -0.05) is 12.8 Å². The van der Waals surface area contributed by atoms with E-state index in [0.29, 0.717) is 0 Å². The molecule has 6 N–H and O–H groups in total. The van der Waals surface area contributed by atoms with Crippen LogP contribution in [0.4, 0.5) is 0 Å². The number of hydrogen-bond donors (Lipinski definition) is 4. The molecule has 0 aromatic carbocycles. The van der Waals surface area contributed by atoms with Crippen molar-refractivity contribution in [2.45, 2.75) is 44.6 Å². The number of carboxylic acids is 2. The largest absolute Gasteiger partial charge is 0.481 e. The van der Waals surface area contributed by atoms with E-state index in [1.54, 1.807) is 0 Å². The lowest BCUT2D eigenvalue weighted by atomic mass is 10.1. The summed E-state index contributed by atoms with van der Waals surface area (Å²) < 4.78 is 0. The fourth-order valence-corrected chi connectivity index (χ4v) is 1.59. The summed E-state index contributed by atoms with van der Waals surface area (Å²) in [5.41, 5.74) is 9.81. The van der Waals surface area contributed by atoms with E-state index < -0.39 is 23.9 Å². The normalized spacial score (nSPS) is 16.5. The van der Waals surface area contributed by atoms with E-state index in [4.69, 9.17) is 21.7 Å². The molecule has 0 radical (unpaired) electrons. The lowest BCUT2D eigenvalue weighted by molar-refractivity contribution is -0.141. The van der Waals surface area contributed by atoms with Gasteiger partial charge in [0, 0.05) is 6.42 Å². The summed E-state index contributed by atoms with van der Waals surface area (Å²) in [4.78, 5) is 30.3.